The highest BCUT2D eigenvalue weighted by Gasteiger charge is 2.44. The molecule has 1 aliphatic carbocycles. The van der Waals surface area contributed by atoms with Crippen molar-refractivity contribution in [1.82, 2.24) is 4.90 Å². The van der Waals surface area contributed by atoms with Crippen LogP contribution < -0.4 is 10.2 Å². The number of hydrogen-bond acceptors (Lipinski definition) is 4. The quantitative estimate of drug-likeness (QED) is 0.846. The summed E-state index contributed by atoms with van der Waals surface area (Å²) < 4.78 is 5.85. The van der Waals surface area contributed by atoms with E-state index in [1.807, 2.05) is 38.1 Å². The molecule has 3 aliphatic rings. The summed E-state index contributed by atoms with van der Waals surface area (Å²) in [6.07, 6.45) is 7.11. The highest BCUT2D eigenvalue weighted by atomic mass is 16.5. The van der Waals surface area contributed by atoms with Gasteiger partial charge in [-0.05, 0) is 51.7 Å². The van der Waals surface area contributed by atoms with Crippen molar-refractivity contribution in [2.75, 3.05) is 29.9 Å². The average Bonchev–Trinajstić information content (AvgIpc) is 3.35. The van der Waals surface area contributed by atoms with E-state index < -0.39 is 5.54 Å². The second-order valence-electron chi connectivity index (χ2n) is 8.76. The van der Waals surface area contributed by atoms with Crippen molar-refractivity contribution >= 4 is 23.2 Å². The van der Waals surface area contributed by atoms with E-state index in [9.17, 15) is 9.59 Å². The minimum Gasteiger partial charge on any atom is -0.377 e. The second kappa shape index (κ2) is 7.84. The molecule has 1 saturated heterocycles. The monoisotopic (exact) mass is 385 g/mol. The number of nitrogens with one attached hydrogen (secondary N) is 1. The van der Waals surface area contributed by atoms with Gasteiger partial charge in [-0.2, -0.15) is 0 Å². The minimum absolute atomic E-state index is 0.0165. The van der Waals surface area contributed by atoms with Gasteiger partial charge in [0.05, 0.1) is 24.0 Å². The summed E-state index contributed by atoms with van der Waals surface area (Å²) >= 11 is 0. The summed E-state index contributed by atoms with van der Waals surface area (Å²) in [7, 11) is 0. The van der Waals surface area contributed by atoms with E-state index >= 15 is 0 Å². The third kappa shape index (κ3) is 3.67. The van der Waals surface area contributed by atoms with Crippen LogP contribution in [0.3, 0.4) is 0 Å². The Kier molecular flexibility index (Phi) is 5.43. The Bertz CT molecular complexity index is 736. The van der Waals surface area contributed by atoms with Gasteiger partial charge >= 0.3 is 0 Å². The first-order valence-electron chi connectivity index (χ1n) is 10.6. The Morgan fingerprint density at radius 2 is 1.96 bits per heavy atom. The Balaban J connectivity index is 1.58. The van der Waals surface area contributed by atoms with Crippen LogP contribution in [0.25, 0.3) is 0 Å². The van der Waals surface area contributed by atoms with Crippen LogP contribution in [0.5, 0.6) is 0 Å². The molecule has 1 aromatic carbocycles. The van der Waals surface area contributed by atoms with Crippen LogP contribution in [-0.4, -0.2) is 54.1 Å². The Morgan fingerprint density at radius 3 is 2.68 bits per heavy atom. The molecule has 1 atom stereocenters. The van der Waals surface area contributed by atoms with Gasteiger partial charge in [0.1, 0.15) is 5.54 Å². The minimum atomic E-state index is -0.920. The highest BCUT2D eigenvalue weighted by molar-refractivity contribution is 6.14. The molecule has 1 aromatic rings. The van der Waals surface area contributed by atoms with Crippen LogP contribution in [0.1, 0.15) is 52.4 Å². The van der Waals surface area contributed by atoms with Gasteiger partial charge in [-0.1, -0.05) is 25.0 Å². The molecule has 0 bridgehead atoms. The molecule has 28 heavy (non-hydrogen) atoms. The fourth-order valence-corrected chi connectivity index (χ4v) is 4.80. The van der Waals surface area contributed by atoms with E-state index in [0.717, 1.165) is 44.5 Å². The van der Waals surface area contributed by atoms with Gasteiger partial charge in [-0.3, -0.25) is 19.4 Å². The molecule has 0 spiro atoms. The lowest BCUT2D eigenvalue weighted by molar-refractivity contribution is -0.127. The molecule has 2 heterocycles. The number of hydrogen-bond donors (Lipinski definition) is 1. The van der Waals surface area contributed by atoms with Crippen molar-refractivity contribution < 1.29 is 14.3 Å². The fourth-order valence-electron chi connectivity index (χ4n) is 4.80. The SMILES string of the molecule is CC1(C)C(=O)Nc2ccccc2N1C(=O)CN(CC1CCCO1)C1CCCC1. The maximum atomic E-state index is 13.5. The predicted molar refractivity (Wildman–Crippen MR) is 109 cm³/mol. The van der Waals surface area contributed by atoms with Crippen molar-refractivity contribution in [2.45, 2.75) is 70.1 Å². The number of carbonyl (C=O) groups excluding carboxylic acids is 2. The lowest BCUT2D eigenvalue weighted by atomic mass is 9.96. The number of ether oxygens (including phenoxy) is 1. The van der Waals surface area contributed by atoms with Gasteiger partial charge < -0.3 is 10.1 Å². The summed E-state index contributed by atoms with van der Waals surface area (Å²) in [4.78, 5) is 30.2. The zero-order valence-electron chi connectivity index (χ0n) is 16.9. The summed E-state index contributed by atoms with van der Waals surface area (Å²) in [5.74, 6) is -0.164. The Morgan fingerprint density at radius 1 is 1.21 bits per heavy atom. The van der Waals surface area contributed by atoms with Gasteiger partial charge in [0.25, 0.3) is 0 Å². The molecule has 6 heteroatoms. The summed E-state index contributed by atoms with van der Waals surface area (Å²) in [6, 6.07) is 7.99. The van der Waals surface area contributed by atoms with Gasteiger partial charge in [0.15, 0.2) is 0 Å². The summed E-state index contributed by atoms with van der Waals surface area (Å²) in [5.41, 5.74) is 0.559. The van der Waals surface area contributed by atoms with Crippen LogP contribution in [-0.2, 0) is 14.3 Å². The van der Waals surface area contributed by atoms with E-state index in [1.165, 1.54) is 12.8 Å². The molecule has 4 rings (SSSR count). The van der Waals surface area contributed by atoms with Crippen molar-refractivity contribution in [2.24, 2.45) is 0 Å². The molecule has 0 aromatic heterocycles. The molecule has 6 nitrogen and oxygen atoms in total. The van der Waals surface area contributed by atoms with E-state index in [-0.39, 0.29) is 17.9 Å². The van der Waals surface area contributed by atoms with Crippen molar-refractivity contribution in [3.8, 4) is 0 Å². The molecular formula is C22H31N3O3. The van der Waals surface area contributed by atoms with Gasteiger partial charge in [-0.25, -0.2) is 0 Å². The van der Waals surface area contributed by atoms with Crippen molar-refractivity contribution in [1.29, 1.82) is 0 Å². The van der Waals surface area contributed by atoms with Crippen LogP contribution in [0, 0.1) is 0 Å². The molecule has 152 valence electrons. The van der Waals surface area contributed by atoms with Crippen LogP contribution in [0.4, 0.5) is 11.4 Å². The van der Waals surface area contributed by atoms with Crippen LogP contribution >= 0.6 is 0 Å². The average molecular weight is 386 g/mol. The van der Waals surface area contributed by atoms with Crippen LogP contribution in [0.2, 0.25) is 0 Å². The lowest BCUT2D eigenvalue weighted by Crippen LogP contribution is -2.60. The molecule has 0 radical (unpaired) electrons. The normalized spacial score (nSPS) is 24.5. The topological polar surface area (TPSA) is 61.9 Å². The molecule has 2 fully saturated rings. The molecule has 1 unspecified atom stereocenters. The zero-order chi connectivity index (χ0) is 19.7. The molecular weight excluding hydrogens is 354 g/mol. The van der Waals surface area contributed by atoms with Gasteiger partial charge in [0, 0.05) is 19.2 Å². The molecule has 2 amide bonds. The van der Waals surface area contributed by atoms with Crippen molar-refractivity contribution in [3.63, 3.8) is 0 Å². The Hall–Kier alpha value is -1.92. The van der Waals surface area contributed by atoms with E-state index in [2.05, 4.69) is 10.2 Å². The van der Waals surface area contributed by atoms with E-state index in [1.54, 1.807) is 4.90 Å². The highest BCUT2D eigenvalue weighted by Crippen LogP contribution is 2.37. The fraction of sp³-hybridized carbons (Fsp3) is 0.636. The number of fused-ring (bicyclic) bond motifs is 1. The predicted octanol–water partition coefficient (Wildman–Crippen LogP) is 3.17. The number of para-hydroxylation sites is 2. The number of nitrogens with zero attached hydrogens (tertiary/aromatic N) is 2. The van der Waals surface area contributed by atoms with E-state index in [4.69, 9.17) is 4.74 Å². The van der Waals surface area contributed by atoms with Gasteiger partial charge in [0.2, 0.25) is 11.8 Å². The number of amides is 2. The van der Waals surface area contributed by atoms with E-state index in [0.29, 0.717) is 18.3 Å². The lowest BCUT2D eigenvalue weighted by Gasteiger charge is -2.43. The number of carbonyl (C=O) groups is 2. The maximum Gasteiger partial charge on any atom is 0.250 e. The largest absolute Gasteiger partial charge is 0.377 e. The first-order valence-corrected chi connectivity index (χ1v) is 10.6. The maximum absolute atomic E-state index is 13.5. The van der Waals surface area contributed by atoms with Gasteiger partial charge in [-0.15, -0.1) is 0 Å². The number of benzene rings is 1. The third-order valence-electron chi connectivity index (χ3n) is 6.40. The standard InChI is InChI=1S/C22H31N3O3/c1-22(2)21(27)23-18-11-5-6-12-19(18)25(22)20(26)15-24(16-8-3-4-9-16)14-17-10-7-13-28-17/h5-6,11-12,16-17H,3-4,7-10,13-15H2,1-2H3,(H,23,27). The van der Waals surface area contributed by atoms with Crippen LogP contribution in [0.15, 0.2) is 24.3 Å². The number of rotatable bonds is 5. The first-order chi connectivity index (χ1) is 13.5. The third-order valence-corrected chi connectivity index (χ3v) is 6.40. The smallest absolute Gasteiger partial charge is 0.250 e. The first kappa shape index (κ1) is 19.4. The molecule has 1 saturated carbocycles. The second-order valence-corrected chi connectivity index (χ2v) is 8.76. The summed E-state index contributed by atoms with van der Waals surface area (Å²) in [6.45, 7) is 5.59. The Labute approximate surface area is 167 Å². The zero-order valence-corrected chi connectivity index (χ0v) is 16.9. The number of anilines is 2. The summed E-state index contributed by atoms with van der Waals surface area (Å²) in [5, 5.41) is 2.94. The molecule has 1 N–H and O–H groups in total. The van der Waals surface area contributed by atoms with Crippen molar-refractivity contribution in [3.05, 3.63) is 24.3 Å². The molecule has 2 aliphatic heterocycles.